The van der Waals surface area contributed by atoms with Gasteiger partial charge in [-0.2, -0.15) is 0 Å². The van der Waals surface area contributed by atoms with Gasteiger partial charge in [0.05, 0.1) is 31.2 Å². The summed E-state index contributed by atoms with van der Waals surface area (Å²) < 4.78 is 5.55. The average Bonchev–Trinajstić information content (AvgIpc) is 2.89. The van der Waals surface area contributed by atoms with E-state index in [-0.39, 0.29) is 17.4 Å². The summed E-state index contributed by atoms with van der Waals surface area (Å²) >= 11 is 0. The predicted octanol–water partition coefficient (Wildman–Crippen LogP) is 0.919. The van der Waals surface area contributed by atoms with Gasteiger partial charge in [0.2, 0.25) is 5.91 Å². The van der Waals surface area contributed by atoms with Crippen LogP contribution in [0.3, 0.4) is 0 Å². The van der Waals surface area contributed by atoms with Crippen LogP contribution in [0.4, 0.5) is 0 Å². The number of amides is 1. The van der Waals surface area contributed by atoms with Gasteiger partial charge in [-0.05, 0) is 43.4 Å². The van der Waals surface area contributed by atoms with Gasteiger partial charge in [-0.25, -0.2) is 10.0 Å². The Kier molecular flexibility index (Phi) is 4.69. The van der Waals surface area contributed by atoms with Crippen molar-refractivity contribution >= 4 is 11.7 Å². The van der Waals surface area contributed by atoms with Crippen molar-refractivity contribution in [2.24, 2.45) is 16.8 Å². The highest BCUT2D eigenvalue weighted by atomic mass is 16.5. The molecule has 7 heteroatoms. The van der Waals surface area contributed by atoms with Gasteiger partial charge in [0.25, 0.3) is 0 Å². The normalized spacial score (nSPS) is 28.2. The van der Waals surface area contributed by atoms with E-state index < -0.39 is 0 Å². The average molecular weight is 357 g/mol. The van der Waals surface area contributed by atoms with E-state index in [1.807, 2.05) is 6.20 Å². The van der Waals surface area contributed by atoms with Crippen LogP contribution in [0.2, 0.25) is 0 Å². The minimum absolute atomic E-state index is 0.00707. The van der Waals surface area contributed by atoms with E-state index >= 15 is 0 Å². The molecular weight excluding hydrogens is 330 g/mol. The number of nitrogens with zero attached hydrogens (tertiary/aromatic N) is 3. The van der Waals surface area contributed by atoms with Crippen LogP contribution in [0.5, 0.6) is 0 Å². The number of nitrogens with one attached hydrogen (secondary N) is 1. The first-order valence-electron chi connectivity index (χ1n) is 9.36. The molecule has 4 aliphatic rings. The van der Waals surface area contributed by atoms with Crippen molar-refractivity contribution in [3.63, 3.8) is 0 Å². The summed E-state index contributed by atoms with van der Waals surface area (Å²) in [5, 5.41) is 4.97. The third-order valence-corrected chi connectivity index (χ3v) is 5.74. The molecule has 1 aliphatic carbocycles. The largest absolute Gasteiger partial charge is 0.379 e. The van der Waals surface area contributed by atoms with Gasteiger partial charge in [0.1, 0.15) is 5.84 Å². The number of hydrogen-bond acceptors (Lipinski definition) is 6. The summed E-state index contributed by atoms with van der Waals surface area (Å²) in [6.45, 7) is 5.06. The molecule has 0 aromatic rings. The number of carbonyl (C=O) groups excluding carboxylic acids is 1. The number of ether oxygens (including phenoxy) is 1. The SMILES string of the molecule is CC1=CC=CN2CC1=CN=C2C1(NC(=O)C2COCCN(N)C2)CCC1. The number of fused-ring (bicyclic) bond motifs is 2. The number of carbonyl (C=O) groups is 1. The van der Waals surface area contributed by atoms with Crippen molar-refractivity contribution in [1.82, 2.24) is 15.2 Å². The molecule has 0 radical (unpaired) electrons. The molecule has 0 spiro atoms. The zero-order chi connectivity index (χ0) is 18.1. The Hall–Kier alpha value is -1.96. The second-order valence-electron chi connectivity index (χ2n) is 7.62. The zero-order valence-electron chi connectivity index (χ0n) is 15.3. The highest BCUT2D eigenvalue weighted by Gasteiger charge is 2.47. The van der Waals surface area contributed by atoms with Gasteiger partial charge in [-0.1, -0.05) is 6.08 Å². The van der Waals surface area contributed by atoms with Crippen LogP contribution in [0.1, 0.15) is 26.2 Å². The third-order valence-electron chi connectivity index (χ3n) is 5.74. The summed E-state index contributed by atoms with van der Waals surface area (Å²) in [6.07, 6.45) is 11.1. The van der Waals surface area contributed by atoms with Gasteiger partial charge in [0.15, 0.2) is 0 Å². The molecule has 0 aromatic carbocycles. The molecule has 3 aliphatic heterocycles. The molecule has 7 nitrogen and oxygen atoms in total. The lowest BCUT2D eigenvalue weighted by atomic mass is 9.74. The molecule has 1 atom stereocenters. The molecule has 1 saturated carbocycles. The highest BCUT2D eigenvalue weighted by Crippen LogP contribution is 2.37. The molecular formula is C19H27N5O2. The summed E-state index contributed by atoms with van der Waals surface area (Å²) in [5.74, 6) is 6.63. The fraction of sp³-hybridized carbons (Fsp3) is 0.579. The fourth-order valence-electron chi connectivity index (χ4n) is 3.92. The first-order valence-corrected chi connectivity index (χ1v) is 9.36. The number of amidine groups is 1. The molecule has 1 unspecified atom stereocenters. The maximum atomic E-state index is 13.0. The molecule has 3 heterocycles. The van der Waals surface area contributed by atoms with Crippen LogP contribution in [-0.4, -0.2) is 60.0 Å². The molecule has 3 N–H and O–H groups in total. The Bertz CT molecular complexity index is 705. The summed E-state index contributed by atoms with van der Waals surface area (Å²) in [5.41, 5.74) is 2.07. The van der Waals surface area contributed by atoms with E-state index in [4.69, 9.17) is 15.6 Å². The van der Waals surface area contributed by atoms with E-state index in [1.54, 1.807) is 5.01 Å². The van der Waals surface area contributed by atoms with Crippen LogP contribution < -0.4 is 11.2 Å². The number of hydrogen-bond donors (Lipinski definition) is 2. The highest BCUT2D eigenvalue weighted by molar-refractivity contribution is 5.98. The molecule has 2 fully saturated rings. The number of rotatable bonds is 3. The monoisotopic (exact) mass is 357 g/mol. The van der Waals surface area contributed by atoms with Crippen LogP contribution in [-0.2, 0) is 9.53 Å². The second-order valence-corrected chi connectivity index (χ2v) is 7.62. The summed E-state index contributed by atoms with van der Waals surface area (Å²) in [6, 6.07) is 0. The van der Waals surface area contributed by atoms with Crippen molar-refractivity contribution < 1.29 is 9.53 Å². The molecule has 26 heavy (non-hydrogen) atoms. The van der Waals surface area contributed by atoms with Crippen molar-refractivity contribution in [3.05, 3.63) is 35.7 Å². The van der Waals surface area contributed by atoms with Gasteiger partial charge in [-0.3, -0.25) is 10.6 Å². The van der Waals surface area contributed by atoms with E-state index in [1.165, 1.54) is 11.1 Å². The van der Waals surface area contributed by atoms with Gasteiger partial charge in [0, 0.05) is 25.5 Å². The predicted molar refractivity (Wildman–Crippen MR) is 99.9 cm³/mol. The Balaban J connectivity index is 1.54. The first-order chi connectivity index (χ1) is 12.6. The van der Waals surface area contributed by atoms with E-state index in [9.17, 15) is 4.79 Å². The number of nitrogens with two attached hydrogens (primary N) is 1. The Morgan fingerprint density at radius 2 is 2.31 bits per heavy atom. The quantitative estimate of drug-likeness (QED) is 0.734. The Morgan fingerprint density at radius 3 is 3.08 bits per heavy atom. The van der Waals surface area contributed by atoms with Gasteiger partial charge in [-0.15, -0.1) is 0 Å². The van der Waals surface area contributed by atoms with Gasteiger partial charge >= 0.3 is 0 Å². The maximum Gasteiger partial charge on any atom is 0.227 e. The van der Waals surface area contributed by atoms with Crippen molar-refractivity contribution in [2.45, 2.75) is 31.7 Å². The zero-order valence-corrected chi connectivity index (χ0v) is 15.3. The lowest BCUT2D eigenvalue weighted by molar-refractivity contribution is -0.128. The van der Waals surface area contributed by atoms with Crippen LogP contribution >= 0.6 is 0 Å². The van der Waals surface area contributed by atoms with Crippen molar-refractivity contribution in [2.75, 3.05) is 32.8 Å². The van der Waals surface area contributed by atoms with Crippen molar-refractivity contribution in [3.8, 4) is 0 Å². The Labute approximate surface area is 154 Å². The smallest absolute Gasteiger partial charge is 0.227 e. The van der Waals surface area contributed by atoms with E-state index in [0.29, 0.717) is 26.3 Å². The lowest BCUT2D eigenvalue weighted by Crippen LogP contribution is -2.64. The number of hydrazine groups is 1. The standard InChI is InChI=1S/C19H27N5O2/c1-14-4-2-7-23-11-15(14)10-21-18(23)19(5-3-6-19)22-17(25)16-12-24(20)8-9-26-13-16/h2,4,7,10,16H,3,5-6,8-9,11-13,20H2,1H3,(H,22,25). The van der Waals surface area contributed by atoms with E-state index in [0.717, 1.165) is 31.6 Å². The lowest BCUT2D eigenvalue weighted by Gasteiger charge is -2.47. The van der Waals surface area contributed by atoms with Gasteiger partial charge < -0.3 is 15.0 Å². The molecule has 140 valence electrons. The molecule has 4 rings (SSSR count). The third kappa shape index (κ3) is 3.22. The number of aliphatic imine (C=N–C) groups is 1. The molecule has 1 amide bonds. The first kappa shape index (κ1) is 17.5. The topological polar surface area (TPSA) is 83.2 Å². The maximum absolute atomic E-state index is 13.0. The van der Waals surface area contributed by atoms with Crippen LogP contribution in [0, 0.1) is 5.92 Å². The number of allylic oxidation sites excluding steroid dienone is 2. The minimum atomic E-state index is -0.382. The van der Waals surface area contributed by atoms with Crippen LogP contribution in [0.15, 0.2) is 40.7 Å². The second kappa shape index (κ2) is 6.98. The summed E-state index contributed by atoms with van der Waals surface area (Å²) in [7, 11) is 0. The Morgan fingerprint density at radius 1 is 1.46 bits per heavy atom. The molecule has 1 saturated heterocycles. The van der Waals surface area contributed by atoms with Crippen molar-refractivity contribution in [1.29, 1.82) is 0 Å². The van der Waals surface area contributed by atoms with Crippen LogP contribution in [0.25, 0.3) is 0 Å². The molecule has 2 bridgehead atoms. The van der Waals surface area contributed by atoms with E-state index in [2.05, 4.69) is 35.5 Å². The molecule has 0 aromatic heterocycles. The minimum Gasteiger partial charge on any atom is -0.379 e. The fourth-order valence-corrected chi connectivity index (χ4v) is 3.92. The summed E-state index contributed by atoms with van der Waals surface area (Å²) in [4.78, 5) is 19.9.